The summed E-state index contributed by atoms with van der Waals surface area (Å²) < 4.78 is 4.85. The molecule has 0 spiro atoms. The van der Waals surface area contributed by atoms with E-state index in [0.29, 0.717) is 5.22 Å². The highest BCUT2D eigenvalue weighted by Gasteiger charge is 2.07. The highest BCUT2D eigenvalue weighted by Crippen LogP contribution is 2.18. The minimum absolute atomic E-state index is 0.0680. The van der Waals surface area contributed by atoms with Gasteiger partial charge in [0.2, 0.25) is 0 Å². The van der Waals surface area contributed by atoms with Crippen LogP contribution >= 0.6 is 11.6 Å². The molecule has 0 saturated heterocycles. The average Bonchev–Trinajstić information content (AvgIpc) is 2.12. The van der Waals surface area contributed by atoms with Gasteiger partial charge in [-0.1, -0.05) is 18.2 Å². The smallest absolute Gasteiger partial charge is 0.171 e. The molecular weight excluding hydrogens is 192 g/mol. The van der Waals surface area contributed by atoms with Crippen LogP contribution in [-0.2, 0) is 0 Å². The fraction of sp³-hybridized carbons (Fsp3) is 0.111. The Labute approximate surface area is 80.2 Å². The third-order valence-corrected chi connectivity index (χ3v) is 1.92. The molecule has 0 fully saturated rings. The number of benzene rings is 1. The predicted octanol–water partition coefficient (Wildman–Crippen LogP) is 0.493. The van der Waals surface area contributed by atoms with Gasteiger partial charge in [0.15, 0.2) is 11.5 Å². The number of ether oxygens (including phenoxy) is 1. The first kappa shape index (κ1) is 9.74. The van der Waals surface area contributed by atoms with Gasteiger partial charge in [0.05, 0.1) is 12.3 Å². The van der Waals surface area contributed by atoms with Crippen molar-refractivity contribution < 1.29 is 14.9 Å². The Morgan fingerprint density at radius 3 is 2.62 bits per heavy atom. The van der Waals surface area contributed by atoms with E-state index >= 15 is 0 Å². The van der Waals surface area contributed by atoms with Gasteiger partial charge in [-0.15, -0.1) is 0 Å². The molecule has 0 aliphatic heterocycles. The largest absolute Gasteiger partial charge is 0.507 e. The SMILES string of the molecule is C=c1c(O)cc(=CCl)c(O)c1OC. The van der Waals surface area contributed by atoms with Crippen LogP contribution in [0.25, 0.3) is 12.1 Å². The second kappa shape index (κ2) is 3.58. The van der Waals surface area contributed by atoms with E-state index in [1.165, 1.54) is 13.2 Å². The van der Waals surface area contributed by atoms with Gasteiger partial charge in [-0.2, -0.15) is 0 Å². The Hall–Kier alpha value is -1.35. The number of phenols is 2. The topological polar surface area (TPSA) is 49.7 Å². The molecule has 0 aliphatic carbocycles. The van der Waals surface area contributed by atoms with E-state index in [4.69, 9.17) is 16.3 Å². The molecular formula is C9H9ClO3. The maximum absolute atomic E-state index is 9.50. The van der Waals surface area contributed by atoms with E-state index < -0.39 is 0 Å². The molecule has 13 heavy (non-hydrogen) atoms. The van der Waals surface area contributed by atoms with Crippen LogP contribution < -0.4 is 15.2 Å². The molecule has 0 aromatic heterocycles. The Morgan fingerprint density at radius 2 is 2.15 bits per heavy atom. The highest BCUT2D eigenvalue weighted by atomic mass is 35.5. The van der Waals surface area contributed by atoms with E-state index in [-0.39, 0.29) is 22.5 Å². The monoisotopic (exact) mass is 200 g/mol. The lowest BCUT2D eigenvalue weighted by molar-refractivity contribution is 0.362. The number of methoxy groups -OCH3 is 1. The van der Waals surface area contributed by atoms with Gasteiger partial charge in [0.25, 0.3) is 0 Å². The summed E-state index contributed by atoms with van der Waals surface area (Å²) >= 11 is 5.41. The Balaban J connectivity index is 3.69. The van der Waals surface area contributed by atoms with Crippen LogP contribution in [0.1, 0.15) is 0 Å². The van der Waals surface area contributed by atoms with Gasteiger partial charge in [-0.05, 0) is 6.07 Å². The van der Waals surface area contributed by atoms with E-state index in [0.717, 1.165) is 5.54 Å². The molecule has 70 valence electrons. The van der Waals surface area contributed by atoms with Crippen LogP contribution in [-0.4, -0.2) is 17.3 Å². The molecule has 0 atom stereocenters. The zero-order chi connectivity index (χ0) is 10.0. The summed E-state index contributed by atoms with van der Waals surface area (Å²) in [5, 5.41) is 19.4. The second-order valence-corrected chi connectivity index (χ2v) is 2.67. The Kier molecular flexibility index (Phi) is 2.68. The summed E-state index contributed by atoms with van der Waals surface area (Å²) in [6.45, 7) is 3.54. The van der Waals surface area contributed by atoms with Crippen molar-refractivity contribution in [2.24, 2.45) is 0 Å². The first-order valence-corrected chi connectivity index (χ1v) is 3.93. The van der Waals surface area contributed by atoms with Crippen molar-refractivity contribution in [3.63, 3.8) is 0 Å². The molecule has 0 radical (unpaired) electrons. The minimum atomic E-state index is -0.125. The van der Waals surface area contributed by atoms with Crippen molar-refractivity contribution in [2.75, 3.05) is 7.11 Å². The molecule has 0 aliphatic rings. The van der Waals surface area contributed by atoms with Crippen molar-refractivity contribution in [3.05, 3.63) is 16.5 Å². The Morgan fingerprint density at radius 1 is 1.54 bits per heavy atom. The Bertz CT molecular complexity index is 425. The van der Waals surface area contributed by atoms with E-state index in [1.54, 1.807) is 0 Å². The van der Waals surface area contributed by atoms with Crippen molar-refractivity contribution in [3.8, 4) is 17.2 Å². The van der Waals surface area contributed by atoms with Crippen LogP contribution in [0.2, 0.25) is 0 Å². The number of aromatic hydroxyl groups is 2. The lowest BCUT2D eigenvalue weighted by atomic mass is 10.2. The minimum Gasteiger partial charge on any atom is -0.507 e. The van der Waals surface area contributed by atoms with Crippen LogP contribution in [0.5, 0.6) is 17.2 Å². The highest BCUT2D eigenvalue weighted by molar-refractivity contribution is 6.38. The fourth-order valence-corrected chi connectivity index (χ4v) is 1.16. The summed E-state index contributed by atoms with van der Waals surface area (Å²) in [6.07, 6.45) is 0. The molecule has 1 aromatic rings. The predicted molar refractivity (Wildman–Crippen MR) is 51.4 cm³/mol. The van der Waals surface area contributed by atoms with Crippen LogP contribution in [0.4, 0.5) is 0 Å². The number of hydrogen-bond donors (Lipinski definition) is 2. The van der Waals surface area contributed by atoms with E-state index in [1.807, 2.05) is 0 Å². The van der Waals surface area contributed by atoms with Crippen molar-refractivity contribution in [1.82, 2.24) is 0 Å². The van der Waals surface area contributed by atoms with Gasteiger partial charge >= 0.3 is 0 Å². The van der Waals surface area contributed by atoms with Gasteiger partial charge < -0.3 is 14.9 Å². The van der Waals surface area contributed by atoms with Crippen molar-refractivity contribution in [1.29, 1.82) is 0 Å². The van der Waals surface area contributed by atoms with E-state index in [9.17, 15) is 10.2 Å². The molecule has 0 bridgehead atoms. The number of hydrogen-bond acceptors (Lipinski definition) is 3. The number of rotatable bonds is 1. The summed E-state index contributed by atoms with van der Waals surface area (Å²) in [6, 6.07) is 1.31. The third-order valence-electron chi connectivity index (χ3n) is 1.69. The van der Waals surface area contributed by atoms with Crippen molar-refractivity contribution >= 4 is 23.7 Å². The quantitative estimate of drug-likeness (QED) is 0.649. The number of phenolic OH excluding ortho intramolecular Hbond substituents is 2. The number of halogens is 1. The second-order valence-electron chi connectivity index (χ2n) is 2.45. The van der Waals surface area contributed by atoms with Gasteiger partial charge in [0.1, 0.15) is 5.75 Å². The maximum Gasteiger partial charge on any atom is 0.171 e. The molecule has 2 N–H and O–H groups in total. The van der Waals surface area contributed by atoms with Crippen LogP contribution in [0, 0.1) is 0 Å². The summed E-state index contributed by atoms with van der Waals surface area (Å²) in [4.78, 5) is 0. The molecule has 1 rings (SSSR count). The summed E-state index contributed by atoms with van der Waals surface area (Å²) in [5.74, 6) is -0.0613. The molecule has 3 nitrogen and oxygen atoms in total. The molecule has 0 saturated carbocycles. The molecule has 0 unspecified atom stereocenters. The van der Waals surface area contributed by atoms with Crippen molar-refractivity contribution in [2.45, 2.75) is 0 Å². The third kappa shape index (κ3) is 1.55. The maximum atomic E-state index is 9.50. The van der Waals surface area contributed by atoms with Gasteiger partial charge in [-0.3, -0.25) is 0 Å². The molecule has 0 heterocycles. The fourth-order valence-electron chi connectivity index (χ4n) is 0.996. The average molecular weight is 201 g/mol. The first-order chi connectivity index (χ1) is 6.11. The lowest BCUT2D eigenvalue weighted by Gasteiger charge is -2.05. The zero-order valence-electron chi connectivity index (χ0n) is 7.04. The van der Waals surface area contributed by atoms with Crippen LogP contribution in [0.3, 0.4) is 0 Å². The van der Waals surface area contributed by atoms with Gasteiger partial charge in [0, 0.05) is 10.8 Å². The standard InChI is InChI=1S/C9H9ClO3/c1-5-7(11)3-6(4-10)8(12)9(5)13-2/h3-4,11-12H,1H2,2H3. The van der Waals surface area contributed by atoms with E-state index in [2.05, 4.69) is 6.58 Å². The first-order valence-electron chi connectivity index (χ1n) is 3.50. The summed E-state index contributed by atoms with van der Waals surface area (Å²) in [5.41, 5.74) is 1.15. The molecule has 0 amide bonds. The normalized spacial score (nSPS) is 11.7. The molecule has 1 aromatic carbocycles. The lowest BCUT2D eigenvalue weighted by Crippen LogP contribution is -2.12. The van der Waals surface area contributed by atoms with Crippen LogP contribution in [0.15, 0.2) is 6.07 Å². The van der Waals surface area contributed by atoms with Gasteiger partial charge in [-0.25, -0.2) is 0 Å². The summed E-state index contributed by atoms with van der Waals surface area (Å²) in [7, 11) is 1.38. The zero-order valence-corrected chi connectivity index (χ0v) is 7.80. The molecule has 4 heteroatoms.